The molecule has 1 saturated heterocycles. The van der Waals surface area contributed by atoms with Crippen LogP contribution in [-0.2, 0) is 16.4 Å². The summed E-state index contributed by atoms with van der Waals surface area (Å²) in [5, 5.41) is 3.40. The van der Waals surface area contributed by atoms with E-state index in [9.17, 15) is 13.2 Å². The SMILES string of the molecule is NC(=O)Nc1ccc2c(c1)c(CCCCN1CCN(c3ccccc3)CC1)cn2S(=O)(=O)c1ccccc1. The number of primary amides is 1. The lowest BCUT2D eigenvalue weighted by molar-refractivity contribution is 0.253. The van der Waals surface area contributed by atoms with Crippen LogP contribution >= 0.6 is 0 Å². The van der Waals surface area contributed by atoms with Gasteiger partial charge in [-0.15, -0.1) is 0 Å². The van der Waals surface area contributed by atoms with Gasteiger partial charge in [-0.05, 0) is 73.8 Å². The van der Waals surface area contributed by atoms with Gasteiger partial charge in [-0.3, -0.25) is 4.90 Å². The minimum Gasteiger partial charge on any atom is -0.369 e. The van der Waals surface area contributed by atoms with E-state index in [1.54, 1.807) is 54.7 Å². The first-order valence-corrected chi connectivity index (χ1v) is 14.4. The van der Waals surface area contributed by atoms with E-state index in [2.05, 4.69) is 39.4 Å². The molecule has 8 nitrogen and oxygen atoms in total. The average molecular weight is 532 g/mol. The third-order valence-electron chi connectivity index (χ3n) is 7.08. The van der Waals surface area contributed by atoms with Crippen molar-refractivity contribution in [3.8, 4) is 0 Å². The number of hydrogen-bond donors (Lipinski definition) is 2. The van der Waals surface area contributed by atoms with Crippen molar-refractivity contribution < 1.29 is 13.2 Å². The molecule has 1 aliphatic rings. The molecule has 0 atom stereocenters. The number of nitrogens with one attached hydrogen (secondary N) is 1. The van der Waals surface area contributed by atoms with E-state index in [4.69, 9.17) is 5.73 Å². The summed E-state index contributed by atoms with van der Waals surface area (Å²) in [6.45, 7) is 5.12. The van der Waals surface area contributed by atoms with E-state index in [1.165, 1.54) is 9.66 Å². The Labute approximate surface area is 223 Å². The van der Waals surface area contributed by atoms with Crippen LogP contribution in [0.4, 0.5) is 16.2 Å². The first-order valence-electron chi connectivity index (χ1n) is 13.0. The van der Waals surface area contributed by atoms with E-state index in [0.29, 0.717) is 11.2 Å². The minimum atomic E-state index is -3.76. The monoisotopic (exact) mass is 531 g/mol. The first-order chi connectivity index (χ1) is 18.4. The van der Waals surface area contributed by atoms with Crippen LogP contribution in [0.3, 0.4) is 0 Å². The van der Waals surface area contributed by atoms with Crippen molar-refractivity contribution in [3.05, 3.63) is 90.6 Å². The predicted molar refractivity (Wildman–Crippen MR) is 152 cm³/mol. The van der Waals surface area contributed by atoms with E-state index in [1.807, 2.05) is 6.07 Å². The van der Waals surface area contributed by atoms with Crippen LogP contribution in [0, 0.1) is 0 Å². The molecule has 0 saturated carbocycles. The maximum Gasteiger partial charge on any atom is 0.316 e. The highest BCUT2D eigenvalue weighted by atomic mass is 32.2. The molecule has 1 fully saturated rings. The molecule has 0 radical (unpaired) electrons. The Morgan fingerprint density at radius 1 is 0.868 bits per heavy atom. The Morgan fingerprint density at radius 2 is 1.55 bits per heavy atom. The van der Waals surface area contributed by atoms with E-state index >= 15 is 0 Å². The molecule has 5 rings (SSSR count). The molecular weight excluding hydrogens is 498 g/mol. The van der Waals surface area contributed by atoms with Crippen LogP contribution in [-0.4, -0.2) is 56.0 Å². The quantitative estimate of drug-likeness (QED) is 0.310. The number of carbonyl (C=O) groups excluding carboxylic acids is 1. The van der Waals surface area contributed by atoms with Gasteiger partial charge in [0, 0.05) is 49.1 Å². The van der Waals surface area contributed by atoms with Crippen molar-refractivity contribution in [2.75, 3.05) is 42.9 Å². The molecule has 3 aromatic carbocycles. The zero-order chi connectivity index (χ0) is 26.5. The Kier molecular flexibility index (Phi) is 7.67. The number of piperazine rings is 1. The Balaban J connectivity index is 1.27. The van der Waals surface area contributed by atoms with Gasteiger partial charge >= 0.3 is 6.03 Å². The van der Waals surface area contributed by atoms with Crippen molar-refractivity contribution in [2.45, 2.75) is 24.2 Å². The number of nitrogens with two attached hydrogens (primary N) is 1. The van der Waals surface area contributed by atoms with Gasteiger partial charge in [0.05, 0.1) is 10.4 Å². The van der Waals surface area contributed by atoms with E-state index < -0.39 is 16.1 Å². The van der Waals surface area contributed by atoms with Gasteiger partial charge in [0.1, 0.15) is 0 Å². The molecule has 2 amide bonds. The van der Waals surface area contributed by atoms with Crippen LogP contribution in [0.1, 0.15) is 18.4 Å². The fourth-order valence-electron chi connectivity index (χ4n) is 5.11. The number of benzene rings is 3. The number of hydrogen-bond acceptors (Lipinski definition) is 5. The maximum atomic E-state index is 13.5. The van der Waals surface area contributed by atoms with E-state index in [0.717, 1.165) is 62.9 Å². The van der Waals surface area contributed by atoms with Gasteiger partial charge in [-0.2, -0.15) is 0 Å². The molecular formula is C29H33N5O3S. The van der Waals surface area contributed by atoms with E-state index in [-0.39, 0.29) is 4.90 Å². The Bertz CT molecular complexity index is 1500. The van der Waals surface area contributed by atoms with Gasteiger partial charge in [-0.25, -0.2) is 17.2 Å². The highest BCUT2D eigenvalue weighted by molar-refractivity contribution is 7.90. The van der Waals surface area contributed by atoms with Crippen molar-refractivity contribution in [2.24, 2.45) is 5.73 Å². The molecule has 3 N–H and O–H groups in total. The lowest BCUT2D eigenvalue weighted by atomic mass is 10.1. The second kappa shape index (κ2) is 11.3. The Morgan fingerprint density at radius 3 is 2.24 bits per heavy atom. The average Bonchev–Trinajstić information content (AvgIpc) is 3.31. The summed E-state index contributed by atoms with van der Waals surface area (Å²) in [4.78, 5) is 16.6. The number of rotatable bonds is 9. The van der Waals surface area contributed by atoms with Crippen molar-refractivity contribution in [1.29, 1.82) is 0 Å². The lowest BCUT2D eigenvalue weighted by Gasteiger charge is -2.36. The predicted octanol–water partition coefficient (Wildman–Crippen LogP) is 4.51. The number of aromatic nitrogens is 1. The van der Waals surface area contributed by atoms with Crippen LogP contribution in [0.5, 0.6) is 0 Å². The molecule has 0 unspecified atom stereocenters. The molecule has 9 heteroatoms. The summed E-state index contributed by atoms with van der Waals surface area (Å²) in [6, 6.07) is 23.5. The molecule has 1 aliphatic heterocycles. The first kappa shape index (κ1) is 25.8. The summed E-state index contributed by atoms with van der Waals surface area (Å²) < 4.78 is 28.3. The lowest BCUT2D eigenvalue weighted by Crippen LogP contribution is -2.46. The Hall–Kier alpha value is -3.82. The van der Waals surface area contributed by atoms with Gasteiger partial charge in [0.2, 0.25) is 0 Å². The molecule has 1 aromatic heterocycles. The zero-order valence-corrected chi connectivity index (χ0v) is 22.1. The van der Waals surface area contributed by atoms with Crippen molar-refractivity contribution in [3.63, 3.8) is 0 Å². The fourth-order valence-corrected chi connectivity index (χ4v) is 6.52. The maximum absolute atomic E-state index is 13.5. The summed E-state index contributed by atoms with van der Waals surface area (Å²) in [5.41, 5.74) is 8.64. The molecule has 4 aromatic rings. The highest BCUT2D eigenvalue weighted by Gasteiger charge is 2.22. The number of unbranched alkanes of at least 4 members (excludes halogenated alkanes) is 1. The third kappa shape index (κ3) is 5.69. The fraction of sp³-hybridized carbons (Fsp3) is 0.276. The summed E-state index contributed by atoms with van der Waals surface area (Å²) in [5.74, 6) is 0. The van der Waals surface area contributed by atoms with Gasteiger partial charge in [-0.1, -0.05) is 36.4 Å². The summed E-state index contributed by atoms with van der Waals surface area (Å²) >= 11 is 0. The number of carbonyl (C=O) groups is 1. The number of fused-ring (bicyclic) bond motifs is 1. The van der Waals surface area contributed by atoms with Gasteiger partial charge in [0.15, 0.2) is 0 Å². The van der Waals surface area contributed by atoms with Crippen LogP contribution in [0.25, 0.3) is 10.9 Å². The normalized spacial score (nSPS) is 14.6. The summed E-state index contributed by atoms with van der Waals surface area (Å²) in [7, 11) is -3.76. The topological polar surface area (TPSA) is 101 Å². The number of nitrogens with zero attached hydrogens (tertiary/aromatic N) is 3. The molecule has 0 spiro atoms. The second-order valence-corrected chi connectivity index (χ2v) is 11.4. The second-order valence-electron chi connectivity index (χ2n) is 9.61. The minimum absolute atomic E-state index is 0.234. The molecule has 198 valence electrons. The number of amides is 2. The number of anilines is 2. The van der Waals surface area contributed by atoms with Crippen molar-refractivity contribution in [1.82, 2.24) is 8.87 Å². The number of urea groups is 1. The van der Waals surface area contributed by atoms with Crippen LogP contribution in [0.2, 0.25) is 0 Å². The van der Waals surface area contributed by atoms with Crippen molar-refractivity contribution >= 4 is 38.3 Å². The summed E-state index contributed by atoms with van der Waals surface area (Å²) in [6.07, 6.45) is 4.40. The van der Waals surface area contributed by atoms with Gasteiger partial charge in [0.25, 0.3) is 10.0 Å². The molecule has 2 heterocycles. The van der Waals surface area contributed by atoms with Gasteiger partial charge < -0.3 is 16.0 Å². The smallest absolute Gasteiger partial charge is 0.316 e. The standard InChI is InChI=1S/C29H33N5O3S/c30-29(35)31-24-14-15-28-27(21-24)23(22-34(28)38(36,37)26-12-5-2-6-13-26)9-7-8-16-32-17-19-33(20-18-32)25-10-3-1-4-11-25/h1-6,10-15,21-22H,7-9,16-20H2,(H3,30,31,35). The number of aryl methyl sites for hydroxylation is 1. The highest BCUT2D eigenvalue weighted by Crippen LogP contribution is 2.29. The molecule has 0 bridgehead atoms. The zero-order valence-electron chi connectivity index (χ0n) is 21.3. The molecule has 38 heavy (non-hydrogen) atoms. The van der Waals surface area contributed by atoms with Crippen LogP contribution in [0.15, 0.2) is 90.0 Å². The largest absolute Gasteiger partial charge is 0.369 e. The third-order valence-corrected chi connectivity index (χ3v) is 8.77. The number of para-hydroxylation sites is 1. The van der Waals surface area contributed by atoms with Crippen LogP contribution < -0.4 is 16.0 Å². The molecule has 0 aliphatic carbocycles.